The van der Waals surface area contributed by atoms with E-state index in [1.807, 2.05) is 0 Å². The summed E-state index contributed by atoms with van der Waals surface area (Å²) in [5, 5.41) is 0. The Labute approximate surface area is 84.9 Å². The van der Waals surface area contributed by atoms with E-state index in [0.29, 0.717) is 0 Å². The molecule has 0 aliphatic heterocycles. The van der Waals surface area contributed by atoms with E-state index in [-0.39, 0.29) is 0 Å². The lowest BCUT2D eigenvalue weighted by molar-refractivity contribution is 0.319. The monoisotopic (exact) mass is 180 g/mol. The predicted molar refractivity (Wildman–Crippen MR) is 62.8 cm³/mol. The van der Waals surface area contributed by atoms with Crippen molar-refractivity contribution in [3.8, 4) is 0 Å². The minimum Gasteiger partial charge on any atom is -0.0667 e. The van der Waals surface area contributed by atoms with Crippen LogP contribution in [0.25, 0.3) is 0 Å². The molecule has 0 bridgehead atoms. The molecule has 1 aliphatic carbocycles. The van der Waals surface area contributed by atoms with Gasteiger partial charge in [-0.15, -0.1) is 0 Å². The summed E-state index contributed by atoms with van der Waals surface area (Å²) in [6, 6.07) is 0. The second-order valence-electron chi connectivity index (χ2n) is 5.66. The van der Waals surface area contributed by atoms with E-state index in [0.717, 1.165) is 29.5 Å². The van der Waals surface area contributed by atoms with Crippen molar-refractivity contribution in [1.29, 1.82) is 0 Å². The van der Waals surface area contributed by atoms with Crippen molar-refractivity contribution >= 4 is 7.85 Å². The molecule has 0 spiro atoms. The highest BCUT2D eigenvalue weighted by Crippen LogP contribution is 2.45. The Morgan fingerprint density at radius 2 is 1.85 bits per heavy atom. The van der Waals surface area contributed by atoms with Gasteiger partial charge < -0.3 is 0 Å². The van der Waals surface area contributed by atoms with Crippen molar-refractivity contribution in [2.45, 2.75) is 52.8 Å². The lowest BCUT2D eigenvalue weighted by Gasteiger charge is -2.19. The van der Waals surface area contributed by atoms with E-state index in [1.54, 1.807) is 0 Å². The Hall–Kier alpha value is 0.0649. The summed E-state index contributed by atoms with van der Waals surface area (Å²) in [5.74, 6) is 4.80. The predicted octanol–water partition coefficient (Wildman–Crippen LogP) is 3.14. The second kappa shape index (κ2) is 4.53. The molecule has 0 aromatic rings. The van der Waals surface area contributed by atoms with E-state index < -0.39 is 0 Å². The standard InChI is InChI=1S/C12H25B/c1-8(2)5-6-11-7-12(13)10(4)9(11)3/h8-12H,5-7,13H2,1-4H3. The average molecular weight is 180 g/mol. The van der Waals surface area contributed by atoms with Gasteiger partial charge in [0, 0.05) is 0 Å². The van der Waals surface area contributed by atoms with Crippen molar-refractivity contribution in [1.82, 2.24) is 0 Å². The summed E-state index contributed by atoms with van der Waals surface area (Å²) in [6.07, 6.45) is 4.37. The van der Waals surface area contributed by atoms with Crippen molar-refractivity contribution in [2.75, 3.05) is 0 Å². The molecule has 0 amide bonds. The average Bonchev–Trinajstić information content (AvgIpc) is 2.29. The van der Waals surface area contributed by atoms with Gasteiger partial charge in [-0.05, 0) is 30.1 Å². The van der Waals surface area contributed by atoms with Crippen LogP contribution in [-0.4, -0.2) is 7.85 Å². The zero-order valence-electron chi connectivity index (χ0n) is 10.0. The maximum Gasteiger partial charge on any atom is 0.105 e. The normalized spacial score (nSPS) is 40.1. The van der Waals surface area contributed by atoms with Crippen molar-refractivity contribution in [3.05, 3.63) is 0 Å². The third kappa shape index (κ3) is 2.75. The number of hydrogen-bond acceptors (Lipinski definition) is 0. The second-order valence-corrected chi connectivity index (χ2v) is 5.66. The number of hydrogen-bond donors (Lipinski definition) is 0. The van der Waals surface area contributed by atoms with Crippen LogP contribution in [0, 0.1) is 23.7 Å². The molecule has 4 unspecified atom stereocenters. The van der Waals surface area contributed by atoms with Crippen LogP contribution < -0.4 is 0 Å². The third-order valence-corrected chi connectivity index (χ3v) is 4.26. The van der Waals surface area contributed by atoms with Crippen molar-refractivity contribution < 1.29 is 0 Å². The lowest BCUT2D eigenvalue weighted by atomic mass is 9.78. The van der Waals surface area contributed by atoms with Crippen LogP contribution >= 0.6 is 0 Å². The van der Waals surface area contributed by atoms with Gasteiger partial charge in [-0.1, -0.05) is 46.4 Å². The molecule has 1 rings (SSSR count). The van der Waals surface area contributed by atoms with Crippen LogP contribution in [0.2, 0.25) is 5.82 Å². The van der Waals surface area contributed by atoms with Gasteiger partial charge in [0.2, 0.25) is 0 Å². The molecule has 0 nitrogen and oxygen atoms in total. The Kier molecular flexibility index (Phi) is 3.88. The topological polar surface area (TPSA) is 0 Å². The minimum absolute atomic E-state index is 0.887. The van der Waals surface area contributed by atoms with Gasteiger partial charge >= 0.3 is 0 Å². The van der Waals surface area contributed by atoms with Crippen molar-refractivity contribution in [3.63, 3.8) is 0 Å². The highest BCUT2D eigenvalue weighted by Gasteiger charge is 2.34. The fraction of sp³-hybridized carbons (Fsp3) is 1.00. The minimum atomic E-state index is 0.887. The summed E-state index contributed by atoms with van der Waals surface area (Å²) in [4.78, 5) is 0. The van der Waals surface area contributed by atoms with Gasteiger partial charge in [-0.2, -0.15) is 0 Å². The summed E-state index contributed by atoms with van der Waals surface area (Å²) in [6.45, 7) is 9.57. The Balaban J connectivity index is 2.35. The van der Waals surface area contributed by atoms with Crippen LogP contribution in [0.5, 0.6) is 0 Å². The van der Waals surface area contributed by atoms with Crippen LogP contribution in [-0.2, 0) is 0 Å². The van der Waals surface area contributed by atoms with Gasteiger partial charge in [-0.25, -0.2) is 0 Å². The van der Waals surface area contributed by atoms with Gasteiger partial charge in [0.05, 0.1) is 0 Å². The fourth-order valence-electron chi connectivity index (χ4n) is 2.78. The van der Waals surface area contributed by atoms with Crippen LogP contribution in [0.4, 0.5) is 0 Å². The molecule has 0 N–H and O–H groups in total. The van der Waals surface area contributed by atoms with Crippen LogP contribution in [0.15, 0.2) is 0 Å². The summed E-state index contributed by atoms with van der Waals surface area (Å²) in [7, 11) is 2.43. The molecule has 0 heterocycles. The Bertz CT molecular complexity index is 153. The summed E-state index contributed by atoms with van der Waals surface area (Å²) < 4.78 is 0. The highest BCUT2D eigenvalue weighted by molar-refractivity contribution is 6.12. The van der Waals surface area contributed by atoms with Crippen molar-refractivity contribution in [2.24, 2.45) is 23.7 Å². The maximum atomic E-state index is 2.46. The molecule has 1 aliphatic rings. The lowest BCUT2D eigenvalue weighted by Crippen LogP contribution is -2.10. The molecule has 0 aromatic carbocycles. The molecule has 13 heavy (non-hydrogen) atoms. The quantitative estimate of drug-likeness (QED) is 0.585. The Morgan fingerprint density at radius 3 is 2.23 bits per heavy atom. The first-order chi connectivity index (χ1) is 6.02. The fourth-order valence-corrected chi connectivity index (χ4v) is 2.78. The summed E-state index contributed by atoms with van der Waals surface area (Å²) in [5.41, 5.74) is 0. The molecular weight excluding hydrogens is 155 g/mol. The molecule has 0 radical (unpaired) electrons. The molecule has 0 aromatic heterocycles. The van der Waals surface area contributed by atoms with E-state index in [2.05, 4.69) is 35.5 Å². The SMILES string of the molecule is BC1CC(CCC(C)C)C(C)C1C. The van der Waals surface area contributed by atoms with E-state index >= 15 is 0 Å². The Morgan fingerprint density at radius 1 is 1.23 bits per heavy atom. The van der Waals surface area contributed by atoms with E-state index in [1.165, 1.54) is 19.3 Å². The van der Waals surface area contributed by atoms with Gasteiger partial charge in [0.1, 0.15) is 7.85 Å². The first-order valence-electron chi connectivity index (χ1n) is 6.02. The van der Waals surface area contributed by atoms with Gasteiger partial charge in [0.15, 0.2) is 0 Å². The zero-order chi connectivity index (χ0) is 10.0. The van der Waals surface area contributed by atoms with E-state index in [4.69, 9.17) is 0 Å². The highest BCUT2D eigenvalue weighted by atomic mass is 14.4. The van der Waals surface area contributed by atoms with E-state index in [9.17, 15) is 0 Å². The number of rotatable bonds is 3. The van der Waals surface area contributed by atoms with Gasteiger partial charge in [-0.3, -0.25) is 0 Å². The maximum absolute atomic E-state index is 2.46. The zero-order valence-corrected chi connectivity index (χ0v) is 10.0. The van der Waals surface area contributed by atoms with Crippen LogP contribution in [0.1, 0.15) is 47.0 Å². The molecular formula is C12H25B. The molecule has 4 atom stereocenters. The first kappa shape index (κ1) is 11.1. The van der Waals surface area contributed by atoms with Crippen LogP contribution in [0.3, 0.4) is 0 Å². The third-order valence-electron chi connectivity index (χ3n) is 4.26. The molecule has 0 saturated heterocycles. The smallest absolute Gasteiger partial charge is 0.0667 e. The largest absolute Gasteiger partial charge is 0.105 e. The molecule has 76 valence electrons. The first-order valence-corrected chi connectivity index (χ1v) is 6.02. The summed E-state index contributed by atoms with van der Waals surface area (Å²) >= 11 is 0. The van der Waals surface area contributed by atoms with Gasteiger partial charge in [0.25, 0.3) is 0 Å². The molecule has 1 saturated carbocycles. The molecule has 1 heteroatoms. The molecule has 1 fully saturated rings.